The molecule has 0 bridgehead atoms. The van der Waals surface area contributed by atoms with Crippen LogP contribution in [0.1, 0.15) is 56.7 Å². The van der Waals surface area contributed by atoms with Gasteiger partial charge in [0.1, 0.15) is 0 Å². The molecule has 0 saturated carbocycles. The highest BCUT2D eigenvalue weighted by Crippen LogP contribution is 2.39. The van der Waals surface area contributed by atoms with Crippen molar-refractivity contribution in [3.8, 4) is 11.3 Å². The van der Waals surface area contributed by atoms with Gasteiger partial charge in [-0.05, 0) is 63.5 Å². The number of hydrogen-bond donors (Lipinski definition) is 1. The van der Waals surface area contributed by atoms with Crippen LogP contribution in [0.15, 0.2) is 30.6 Å². The summed E-state index contributed by atoms with van der Waals surface area (Å²) in [6, 6.07) is 2.34. The Labute approximate surface area is 184 Å². The molecule has 166 valence electrons. The minimum absolute atomic E-state index is 0.0943. The highest BCUT2D eigenvalue weighted by molar-refractivity contribution is 5.63. The van der Waals surface area contributed by atoms with Crippen molar-refractivity contribution in [2.45, 2.75) is 57.5 Å². The molecule has 0 aromatic carbocycles. The van der Waals surface area contributed by atoms with E-state index in [1.807, 2.05) is 23.1 Å². The highest BCUT2D eigenvalue weighted by Gasteiger charge is 2.33. The van der Waals surface area contributed by atoms with E-state index < -0.39 is 0 Å². The maximum atomic E-state index is 9.67. The number of nitrogens with zero attached hydrogens (tertiary/aromatic N) is 6. The number of allylic oxidation sites excluding steroid dienone is 2. The largest absolute Gasteiger partial charge is 0.394 e. The third-order valence-corrected chi connectivity index (χ3v) is 7.05. The van der Waals surface area contributed by atoms with Gasteiger partial charge in [-0.1, -0.05) is 12.2 Å². The molecule has 1 aliphatic carbocycles. The molecule has 7 heteroatoms. The molecule has 7 nitrogen and oxygen atoms in total. The first-order valence-corrected chi connectivity index (χ1v) is 12.0. The van der Waals surface area contributed by atoms with Crippen LogP contribution >= 0.6 is 0 Å². The van der Waals surface area contributed by atoms with Crippen molar-refractivity contribution in [1.29, 1.82) is 0 Å². The molecule has 2 aliphatic heterocycles. The van der Waals surface area contributed by atoms with Crippen molar-refractivity contribution in [2.75, 3.05) is 37.7 Å². The van der Waals surface area contributed by atoms with Gasteiger partial charge in [-0.15, -0.1) is 0 Å². The fourth-order valence-corrected chi connectivity index (χ4v) is 5.49. The first-order chi connectivity index (χ1) is 15.3. The van der Waals surface area contributed by atoms with Gasteiger partial charge in [-0.3, -0.25) is 9.58 Å². The maximum absolute atomic E-state index is 9.67. The average molecular weight is 423 g/mol. The summed E-state index contributed by atoms with van der Waals surface area (Å²) in [4.78, 5) is 14.4. The number of hydrogen-bond acceptors (Lipinski definition) is 6. The molecule has 2 aromatic heterocycles. The van der Waals surface area contributed by atoms with Crippen LogP contribution in [0.2, 0.25) is 0 Å². The van der Waals surface area contributed by atoms with Crippen LogP contribution in [0, 0.1) is 5.92 Å². The Balaban J connectivity index is 1.46. The fourth-order valence-electron chi connectivity index (χ4n) is 5.49. The van der Waals surface area contributed by atoms with Crippen LogP contribution in [-0.2, 0) is 6.54 Å². The SMILES string of the molecule is OCCn1ncc(-c2ccnc(N3CCCC3)n2)c1C1CCCN1CC1CC=CCC1. The van der Waals surface area contributed by atoms with E-state index in [1.54, 1.807) is 0 Å². The number of aliphatic hydroxyl groups excluding tert-OH is 1. The first kappa shape index (κ1) is 20.6. The molecule has 0 spiro atoms. The normalized spacial score (nSPS) is 24.4. The Morgan fingerprint density at radius 3 is 2.77 bits per heavy atom. The highest BCUT2D eigenvalue weighted by atomic mass is 16.3. The lowest BCUT2D eigenvalue weighted by molar-refractivity contribution is 0.197. The van der Waals surface area contributed by atoms with E-state index in [4.69, 9.17) is 4.98 Å². The second kappa shape index (κ2) is 9.49. The number of aromatic nitrogens is 4. The van der Waals surface area contributed by atoms with E-state index in [0.717, 1.165) is 55.7 Å². The van der Waals surface area contributed by atoms with Gasteiger partial charge in [0.25, 0.3) is 0 Å². The van der Waals surface area contributed by atoms with E-state index >= 15 is 0 Å². The van der Waals surface area contributed by atoms with Crippen LogP contribution in [0.3, 0.4) is 0 Å². The minimum atomic E-state index is 0.0943. The standard InChI is InChI=1S/C24H34N6O/c31-16-15-30-23(22-9-6-14-29(22)18-19-7-2-1-3-8-19)20(17-26-30)21-10-11-25-24(27-21)28-12-4-5-13-28/h1-2,10-11,17,19,22,31H,3-9,12-16,18H2. The van der Waals surface area contributed by atoms with Gasteiger partial charge in [0.2, 0.25) is 5.95 Å². The van der Waals surface area contributed by atoms with E-state index in [9.17, 15) is 5.11 Å². The summed E-state index contributed by atoms with van der Waals surface area (Å²) in [7, 11) is 0. The summed E-state index contributed by atoms with van der Waals surface area (Å²) in [5.74, 6) is 1.57. The topological polar surface area (TPSA) is 70.3 Å². The van der Waals surface area contributed by atoms with E-state index in [1.165, 1.54) is 44.2 Å². The summed E-state index contributed by atoms with van der Waals surface area (Å²) >= 11 is 0. The molecule has 4 heterocycles. The molecule has 1 N–H and O–H groups in total. The monoisotopic (exact) mass is 422 g/mol. The molecule has 0 amide bonds. The Bertz CT molecular complexity index is 903. The Hall–Kier alpha value is -2.25. The van der Waals surface area contributed by atoms with Gasteiger partial charge in [0.15, 0.2) is 0 Å². The zero-order valence-electron chi connectivity index (χ0n) is 18.4. The number of anilines is 1. The van der Waals surface area contributed by atoms with Crippen molar-refractivity contribution in [3.63, 3.8) is 0 Å². The second-order valence-corrected chi connectivity index (χ2v) is 9.13. The van der Waals surface area contributed by atoms with Crippen LogP contribution < -0.4 is 4.90 Å². The lowest BCUT2D eigenvalue weighted by Gasteiger charge is -2.30. The van der Waals surface area contributed by atoms with Gasteiger partial charge in [-0.2, -0.15) is 5.10 Å². The first-order valence-electron chi connectivity index (χ1n) is 12.0. The summed E-state index contributed by atoms with van der Waals surface area (Å²) < 4.78 is 2.01. The Morgan fingerprint density at radius 1 is 1.06 bits per heavy atom. The van der Waals surface area contributed by atoms with Crippen molar-refractivity contribution >= 4 is 5.95 Å². The molecule has 31 heavy (non-hydrogen) atoms. The van der Waals surface area contributed by atoms with Crippen molar-refractivity contribution in [1.82, 2.24) is 24.6 Å². The van der Waals surface area contributed by atoms with Crippen molar-refractivity contribution in [2.24, 2.45) is 5.92 Å². The molecule has 2 unspecified atom stereocenters. The van der Waals surface area contributed by atoms with E-state index in [-0.39, 0.29) is 6.61 Å². The minimum Gasteiger partial charge on any atom is -0.394 e. The molecule has 2 aromatic rings. The summed E-state index contributed by atoms with van der Waals surface area (Å²) in [5.41, 5.74) is 3.25. The van der Waals surface area contributed by atoms with Crippen LogP contribution in [0.25, 0.3) is 11.3 Å². The number of likely N-dealkylation sites (tertiary alicyclic amines) is 1. The molecule has 5 rings (SSSR count). The van der Waals surface area contributed by atoms with Crippen LogP contribution in [-0.4, -0.2) is 62.5 Å². The van der Waals surface area contributed by atoms with Crippen molar-refractivity contribution in [3.05, 3.63) is 36.3 Å². The fraction of sp³-hybridized carbons (Fsp3) is 0.625. The van der Waals surface area contributed by atoms with Crippen LogP contribution in [0.4, 0.5) is 5.95 Å². The molecular formula is C24H34N6O. The van der Waals surface area contributed by atoms with Gasteiger partial charge in [-0.25, -0.2) is 9.97 Å². The summed E-state index contributed by atoms with van der Waals surface area (Å²) in [6.07, 6.45) is 16.9. The average Bonchev–Trinajstić information content (AvgIpc) is 3.56. The summed E-state index contributed by atoms with van der Waals surface area (Å²) in [5, 5.41) is 14.3. The zero-order valence-corrected chi connectivity index (χ0v) is 18.4. The number of rotatable bonds is 7. The maximum Gasteiger partial charge on any atom is 0.225 e. The Morgan fingerprint density at radius 2 is 1.97 bits per heavy atom. The molecule has 2 atom stereocenters. The molecule has 2 saturated heterocycles. The molecule has 3 aliphatic rings. The quantitative estimate of drug-likeness (QED) is 0.690. The predicted molar refractivity (Wildman–Crippen MR) is 122 cm³/mol. The lowest BCUT2D eigenvalue weighted by atomic mass is 9.93. The predicted octanol–water partition coefficient (Wildman–Crippen LogP) is 3.43. The second-order valence-electron chi connectivity index (χ2n) is 9.13. The third kappa shape index (κ3) is 4.39. The smallest absolute Gasteiger partial charge is 0.225 e. The molecule has 0 radical (unpaired) electrons. The van der Waals surface area contributed by atoms with Gasteiger partial charge in [0, 0.05) is 31.4 Å². The van der Waals surface area contributed by atoms with Gasteiger partial charge in [0.05, 0.1) is 36.8 Å². The van der Waals surface area contributed by atoms with Gasteiger partial charge >= 0.3 is 0 Å². The van der Waals surface area contributed by atoms with Gasteiger partial charge < -0.3 is 10.0 Å². The van der Waals surface area contributed by atoms with Crippen molar-refractivity contribution < 1.29 is 5.11 Å². The zero-order chi connectivity index (χ0) is 21.0. The Kier molecular flexibility index (Phi) is 6.32. The summed E-state index contributed by atoms with van der Waals surface area (Å²) in [6.45, 7) is 4.96. The molecule has 2 fully saturated rings. The lowest BCUT2D eigenvalue weighted by Crippen LogP contribution is -2.31. The number of aliphatic hydroxyl groups is 1. The van der Waals surface area contributed by atoms with E-state index in [0.29, 0.717) is 12.6 Å². The molecular weight excluding hydrogens is 388 g/mol. The third-order valence-electron chi connectivity index (χ3n) is 7.05. The van der Waals surface area contributed by atoms with Crippen LogP contribution in [0.5, 0.6) is 0 Å². The van der Waals surface area contributed by atoms with E-state index in [2.05, 4.69) is 32.0 Å².